The monoisotopic (exact) mass is 393 g/mol. The van der Waals surface area contributed by atoms with Gasteiger partial charge < -0.3 is 15.6 Å². The van der Waals surface area contributed by atoms with Crippen molar-refractivity contribution >= 4 is 16.5 Å². The highest BCUT2D eigenvalue weighted by atomic mass is 14.9. The van der Waals surface area contributed by atoms with Crippen LogP contribution in [0.1, 0.15) is 58.4 Å². The molecular weight excluding hydrogens is 354 g/mol. The van der Waals surface area contributed by atoms with Crippen molar-refractivity contribution in [2.24, 2.45) is 0 Å². The van der Waals surface area contributed by atoms with Crippen molar-refractivity contribution in [3.63, 3.8) is 0 Å². The van der Waals surface area contributed by atoms with Crippen LogP contribution in [0.4, 0.5) is 0 Å². The Kier molecular flexibility index (Phi) is 12.0. The first kappa shape index (κ1) is 24.4. The number of unbranched alkanes of at least 4 members (excludes halogenated alkanes) is 3. The molecule has 0 aliphatic rings. The van der Waals surface area contributed by atoms with Crippen molar-refractivity contribution < 1.29 is 0 Å². The lowest BCUT2D eigenvalue weighted by molar-refractivity contribution is 0.613. The fourth-order valence-corrected chi connectivity index (χ4v) is 3.03. The number of aromatic nitrogens is 1. The van der Waals surface area contributed by atoms with E-state index in [1.807, 2.05) is 27.1 Å². The summed E-state index contributed by atoms with van der Waals surface area (Å²) in [6.45, 7) is 15.1. The number of H-pyrrole nitrogens is 1. The quantitative estimate of drug-likeness (QED) is 0.270. The van der Waals surface area contributed by atoms with E-state index in [4.69, 9.17) is 0 Å². The van der Waals surface area contributed by atoms with Gasteiger partial charge in [0.15, 0.2) is 0 Å². The Balaban J connectivity index is 0.00000204. The molecule has 0 spiro atoms. The maximum Gasteiger partial charge on any atom is 0.0460 e. The summed E-state index contributed by atoms with van der Waals surface area (Å²) >= 11 is 0. The average molecular weight is 394 g/mol. The highest BCUT2D eigenvalue weighted by Crippen LogP contribution is 2.21. The molecule has 0 unspecified atom stereocenters. The van der Waals surface area contributed by atoms with Gasteiger partial charge in [-0.1, -0.05) is 64.1 Å². The lowest BCUT2D eigenvalue weighted by Crippen LogP contribution is -2.12. The molecule has 29 heavy (non-hydrogen) atoms. The Bertz CT molecular complexity index is 808. The van der Waals surface area contributed by atoms with E-state index >= 15 is 0 Å². The largest absolute Gasteiger partial charge is 0.392 e. The van der Waals surface area contributed by atoms with Crippen LogP contribution < -0.4 is 10.6 Å². The van der Waals surface area contributed by atoms with Crippen LogP contribution >= 0.6 is 0 Å². The molecule has 0 saturated heterocycles. The van der Waals surface area contributed by atoms with Gasteiger partial charge in [0, 0.05) is 36.7 Å². The van der Waals surface area contributed by atoms with Crippen molar-refractivity contribution in [2.45, 2.75) is 52.9 Å². The first-order valence-corrected chi connectivity index (χ1v) is 10.8. The summed E-state index contributed by atoms with van der Waals surface area (Å²) in [7, 11) is 1.93. The second-order valence-corrected chi connectivity index (χ2v) is 6.83. The van der Waals surface area contributed by atoms with Crippen LogP contribution in [0.3, 0.4) is 0 Å². The zero-order valence-corrected chi connectivity index (χ0v) is 18.8. The van der Waals surface area contributed by atoms with Crippen LogP contribution in [-0.4, -0.2) is 18.6 Å². The number of hydrogen-bond donors (Lipinski definition) is 3. The normalized spacial score (nSPS) is 11.2. The average Bonchev–Trinajstić information content (AvgIpc) is 3.22. The number of aromatic amines is 1. The number of fused-ring (bicyclic) bond motifs is 1. The smallest absolute Gasteiger partial charge is 0.0460 e. The second kappa shape index (κ2) is 14.3. The minimum atomic E-state index is 0.957. The molecule has 0 bridgehead atoms. The minimum Gasteiger partial charge on any atom is -0.392 e. The van der Waals surface area contributed by atoms with Crippen LogP contribution in [-0.2, 0) is 0 Å². The van der Waals surface area contributed by atoms with Crippen molar-refractivity contribution in [3.05, 3.63) is 78.8 Å². The summed E-state index contributed by atoms with van der Waals surface area (Å²) in [5.74, 6) is 0. The fraction of sp³-hybridized carbons (Fsp3) is 0.385. The zero-order chi connectivity index (χ0) is 21.5. The lowest BCUT2D eigenvalue weighted by Gasteiger charge is -2.07. The summed E-state index contributed by atoms with van der Waals surface area (Å²) in [5.41, 5.74) is 5.65. The predicted molar refractivity (Wildman–Crippen MR) is 131 cm³/mol. The van der Waals surface area contributed by atoms with E-state index in [1.165, 1.54) is 42.2 Å². The molecule has 3 nitrogen and oxygen atoms in total. The molecule has 158 valence electrons. The first-order chi connectivity index (χ1) is 14.1. The highest BCUT2D eigenvalue weighted by molar-refractivity contribution is 5.85. The molecule has 2 aromatic rings. The van der Waals surface area contributed by atoms with Gasteiger partial charge in [-0.15, -0.1) is 0 Å². The Hall–Kier alpha value is -2.68. The molecule has 0 radical (unpaired) electrons. The van der Waals surface area contributed by atoms with Gasteiger partial charge in [0.1, 0.15) is 0 Å². The number of rotatable bonds is 12. The van der Waals surface area contributed by atoms with E-state index in [0.717, 1.165) is 29.9 Å². The van der Waals surface area contributed by atoms with E-state index in [-0.39, 0.29) is 0 Å². The molecular formula is C26H39N3. The molecule has 0 aliphatic carbocycles. The van der Waals surface area contributed by atoms with Crippen LogP contribution in [0.2, 0.25) is 0 Å². The predicted octanol–water partition coefficient (Wildman–Crippen LogP) is 6.94. The van der Waals surface area contributed by atoms with Gasteiger partial charge in [0.05, 0.1) is 0 Å². The summed E-state index contributed by atoms with van der Waals surface area (Å²) in [4.78, 5) is 3.27. The number of hydrogen-bond acceptors (Lipinski definition) is 2. The molecule has 3 heteroatoms. The van der Waals surface area contributed by atoms with Gasteiger partial charge in [-0.05, 0) is 60.9 Å². The third kappa shape index (κ3) is 8.91. The Morgan fingerprint density at radius 3 is 2.52 bits per heavy atom. The number of benzene rings is 1. The van der Waals surface area contributed by atoms with Crippen LogP contribution in [0.25, 0.3) is 16.5 Å². The molecule has 0 aliphatic heterocycles. The maximum atomic E-state index is 4.11. The van der Waals surface area contributed by atoms with Gasteiger partial charge >= 0.3 is 0 Å². The second-order valence-electron chi connectivity index (χ2n) is 6.83. The molecule has 1 aromatic carbocycles. The minimum absolute atomic E-state index is 0.957. The highest BCUT2D eigenvalue weighted by Gasteiger charge is 2.00. The lowest BCUT2D eigenvalue weighted by atomic mass is 10.0. The van der Waals surface area contributed by atoms with Gasteiger partial charge in [-0.2, -0.15) is 0 Å². The Morgan fingerprint density at radius 2 is 1.79 bits per heavy atom. The standard InChI is InChI=1S/C24H33N3.C2H6/c1-5-21(23-14-13-22-15-17-27-24(22)18-23)12-11-20(3)26-16-9-7-6-8-10-19(2)25-4;1-2/h5,11-15,17-18,25-27H,2-3,6-10,16H2,1,4H3;1-2H3/b12-11-,21-5+;. The Morgan fingerprint density at radius 1 is 1.03 bits per heavy atom. The van der Waals surface area contributed by atoms with E-state index in [0.29, 0.717) is 0 Å². The third-order valence-electron chi connectivity index (χ3n) is 4.77. The van der Waals surface area contributed by atoms with Crippen molar-refractivity contribution in [1.29, 1.82) is 0 Å². The van der Waals surface area contributed by atoms with Gasteiger partial charge in [-0.3, -0.25) is 0 Å². The van der Waals surface area contributed by atoms with Gasteiger partial charge in [0.2, 0.25) is 0 Å². The molecule has 1 heterocycles. The fourth-order valence-electron chi connectivity index (χ4n) is 3.03. The maximum absolute atomic E-state index is 4.11. The van der Waals surface area contributed by atoms with Gasteiger partial charge in [0.25, 0.3) is 0 Å². The summed E-state index contributed by atoms with van der Waals surface area (Å²) in [6, 6.07) is 8.59. The molecule has 0 fully saturated rings. The molecule has 0 amide bonds. The van der Waals surface area contributed by atoms with E-state index < -0.39 is 0 Å². The van der Waals surface area contributed by atoms with Crippen molar-refractivity contribution in [3.8, 4) is 0 Å². The molecule has 0 atom stereocenters. The van der Waals surface area contributed by atoms with E-state index in [2.05, 4.69) is 78.2 Å². The van der Waals surface area contributed by atoms with Gasteiger partial charge in [-0.25, -0.2) is 0 Å². The zero-order valence-electron chi connectivity index (χ0n) is 18.8. The van der Waals surface area contributed by atoms with Crippen LogP contribution in [0.15, 0.2) is 73.2 Å². The summed E-state index contributed by atoms with van der Waals surface area (Å²) < 4.78 is 0. The van der Waals surface area contributed by atoms with Crippen LogP contribution in [0, 0.1) is 0 Å². The van der Waals surface area contributed by atoms with Crippen molar-refractivity contribution in [2.75, 3.05) is 13.6 Å². The van der Waals surface area contributed by atoms with Crippen molar-refractivity contribution in [1.82, 2.24) is 15.6 Å². The first-order valence-electron chi connectivity index (χ1n) is 10.8. The van der Waals surface area contributed by atoms with E-state index in [1.54, 1.807) is 0 Å². The van der Waals surface area contributed by atoms with E-state index in [9.17, 15) is 0 Å². The number of allylic oxidation sites excluding steroid dienone is 5. The number of nitrogens with one attached hydrogen (secondary N) is 3. The molecule has 3 N–H and O–H groups in total. The summed E-state index contributed by atoms with van der Waals surface area (Å²) in [6.07, 6.45) is 14.2. The third-order valence-corrected chi connectivity index (χ3v) is 4.77. The molecule has 1 aromatic heterocycles. The van der Waals surface area contributed by atoms with Crippen LogP contribution in [0.5, 0.6) is 0 Å². The summed E-state index contributed by atoms with van der Waals surface area (Å²) in [5, 5.41) is 7.74. The Labute approximate surface area is 177 Å². The molecule has 2 rings (SSSR count). The molecule has 0 saturated carbocycles. The topological polar surface area (TPSA) is 39.9 Å². The SMILES string of the molecule is C=C(/C=C\C(=C/C)c1ccc2cc[nH]c2c1)NCCCCCCC(=C)NC.CC.